The van der Waals surface area contributed by atoms with Gasteiger partial charge in [0.15, 0.2) is 0 Å². The SMILES string of the molecule is OCc1cc(F)nc(Cl)c1. The van der Waals surface area contributed by atoms with Gasteiger partial charge < -0.3 is 5.11 Å². The van der Waals surface area contributed by atoms with Crippen LogP contribution in [0.25, 0.3) is 0 Å². The summed E-state index contributed by atoms with van der Waals surface area (Å²) in [4.78, 5) is 3.27. The molecule has 0 aromatic carbocycles. The topological polar surface area (TPSA) is 33.1 Å². The van der Waals surface area contributed by atoms with Crippen LogP contribution in [0.1, 0.15) is 5.56 Å². The van der Waals surface area contributed by atoms with Crippen molar-refractivity contribution < 1.29 is 9.50 Å². The van der Waals surface area contributed by atoms with Crippen molar-refractivity contribution in [3.63, 3.8) is 0 Å². The van der Waals surface area contributed by atoms with Crippen molar-refractivity contribution in [1.82, 2.24) is 4.98 Å². The van der Waals surface area contributed by atoms with Crippen LogP contribution in [0.5, 0.6) is 0 Å². The van der Waals surface area contributed by atoms with Crippen molar-refractivity contribution in [2.24, 2.45) is 0 Å². The van der Waals surface area contributed by atoms with Crippen LogP contribution in [-0.4, -0.2) is 10.1 Å². The first-order chi connectivity index (χ1) is 4.72. The van der Waals surface area contributed by atoms with Gasteiger partial charge in [-0.25, -0.2) is 4.98 Å². The van der Waals surface area contributed by atoms with Gasteiger partial charge in [0.25, 0.3) is 0 Å². The van der Waals surface area contributed by atoms with Crippen molar-refractivity contribution in [2.75, 3.05) is 0 Å². The summed E-state index contributed by atoms with van der Waals surface area (Å²) in [5.74, 6) is -0.670. The molecule has 0 aliphatic carbocycles. The molecule has 4 heteroatoms. The fourth-order valence-electron chi connectivity index (χ4n) is 0.606. The standard InChI is InChI=1S/C6H5ClFNO/c7-5-1-4(3-10)2-6(8)9-5/h1-2,10H,3H2. The van der Waals surface area contributed by atoms with Crippen LogP contribution in [0, 0.1) is 5.95 Å². The molecule has 1 rings (SSSR count). The monoisotopic (exact) mass is 161 g/mol. The molecule has 1 N–H and O–H groups in total. The summed E-state index contributed by atoms with van der Waals surface area (Å²) in [5, 5.41) is 8.59. The summed E-state index contributed by atoms with van der Waals surface area (Å²) in [6.45, 7) is -0.223. The van der Waals surface area contributed by atoms with E-state index in [1.807, 2.05) is 0 Å². The average molecular weight is 162 g/mol. The highest BCUT2D eigenvalue weighted by atomic mass is 35.5. The third-order valence-electron chi connectivity index (χ3n) is 1.01. The maximum atomic E-state index is 12.3. The Morgan fingerprint density at radius 1 is 1.60 bits per heavy atom. The molecule has 0 spiro atoms. The van der Waals surface area contributed by atoms with Gasteiger partial charge in [0.1, 0.15) is 5.15 Å². The fraction of sp³-hybridized carbons (Fsp3) is 0.167. The van der Waals surface area contributed by atoms with E-state index < -0.39 is 5.95 Å². The van der Waals surface area contributed by atoms with Crippen LogP contribution in [0.3, 0.4) is 0 Å². The second-order valence-electron chi connectivity index (χ2n) is 1.78. The number of pyridine rings is 1. The molecule has 54 valence electrons. The number of aliphatic hydroxyl groups excluding tert-OH is 1. The number of aromatic nitrogens is 1. The number of hydrogen-bond donors (Lipinski definition) is 1. The fourth-order valence-corrected chi connectivity index (χ4v) is 0.826. The van der Waals surface area contributed by atoms with Crippen LogP contribution >= 0.6 is 11.6 Å². The van der Waals surface area contributed by atoms with Crippen LogP contribution in [0.4, 0.5) is 4.39 Å². The lowest BCUT2D eigenvalue weighted by Gasteiger charge is -1.95. The summed E-state index contributed by atoms with van der Waals surface area (Å²) in [6, 6.07) is 2.54. The number of aliphatic hydroxyl groups is 1. The predicted octanol–water partition coefficient (Wildman–Crippen LogP) is 1.37. The lowest BCUT2D eigenvalue weighted by Crippen LogP contribution is -1.88. The Bertz CT molecular complexity index is 221. The predicted molar refractivity (Wildman–Crippen MR) is 35.1 cm³/mol. The van der Waals surface area contributed by atoms with E-state index in [0.29, 0.717) is 5.56 Å². The maximum Gasteiger partial charge on any atom is 0.214 e. The first kappa shape index (κ1) is 7.44. The second kappa shape index (κ2) is 2.94. The number of rotatable bonds is 1. The van der Waals surface area contributed by atoms with Gasteiger partial charge in [-0.1, -0.05) is 11.6 Å². The smallest absolute Gasteiger partial charge is 0.214 e. The molecular weight excluding hydrogens is 157 g/mol. The molecular formula is C6H5ClFNO. The molecule has 0 fully saturated rings. The Kier molecular flexibility index (Phi) is 2.19. The van der Waals surface area contributed by atoms with E-state index in [2.05, 4.69) is 4.98 Å². The quantitative estimate of drug-likeness (QED) is 0.631. The zero-order valence-electron chi connectivity index (χ0n) is 5.01. The molecule has 1 aromatic rings. The van der Waals surface area contributed by atoms with E-state index in [-0.39, 0.29) is 11.8 Å². The summed E-state index contributed by atoms with van der Waals surface area (Å²) < 4.78 is 12.3. The molecule has 0 saturated carbocycles. The normalized spacial score (nSPS) is 9.90. The Labute approximate surface area is 62.3 Å². The molecule has 0 amide bonds. The van der Waals surface area contributed by atoms with Crippen LogP contribution < -0.4 is 0 Å². The highest BCUT2D eigenvalue weighted by Crippen LogP contribution is 2.09. The van der Waals surface area contributed by atoms with E-state index >= 15 is 0 Å². The molecule has 1 heterocycles. The molecule has 10 heavy (non-hydrogen) atoms. The highest BCUT2D eigenvalue weighted by molar-refractivity contribution is 6.29. The zero-order valence-corrected chi connectivity index (χ0v) is 5.77. The average Bonchev–Trinajstić information content (AvgIpc) is 1.85. The van der Waals surface area contributed by atoms with Gasteiger partial charge in [0.2, 0.25) is 5.95 Å². The lowest BCUT2D eigenvalue weighted by atomic mass is 10.3. The van der Waals surface area contributed by atoms with Gasteiger partial charge in [-0.05, 0) is 17.7 Å². The van der Waals surface area contributed by atoms with Crippen molar-refractivity contribution >= 4 is 11.6 Å². The van der Waals surface area contributed by atoms with Gasteiger partial charge in [0.05, 0.1) is 6.61 Å². The van der Waals surface area contributed by atoms with Crippen LogP contribution in [0.15, 0.2) is 12.1 Å². The van der Waals surface area contributed by atoms with Gasteiger partial charge in [-0.15, -0.1) is 0 Å². The Hall–Kier alpha value is -0.670. The first-order valence-electron chi connectivity index (χ1n) is 2.65. The maximum absolute atomic E-state index is 12.3. The molecule has 0 atom stereocenters. The van der Waals surface area contributed by atoms with Gasteiger partial charge >= 0.3 is 0 Å². The van der Waals surface area contributed by atoms with Crippen molar-refractivity contribution in [2.45, 2.75) is 6.61 Å². The Balaban J connectivity index is 3.06. The van der Waals surface area contributed by atoms with E-state index in [0.717, 1.165) is 6.07 Å². The summed E-state index contributed by atoms with van der Waals surface area (Å²) in [7, 11) is 0. The summed E-state index contributed by atoms with van der Waals surface area (Å²) >= 11 is 5.37. The third kappa shape index (κ3) is 1.65. The van der Waals surface area contributed by atoms with Gasteiger partial charge in [0, 0.05) is 0 Å². The molecule has 1 aromatic heterocycles. The Morgan fingerprint density at radius 3 is 2.80 bits per heavy atom. The van der Waals surface area contributed by atoms with E-state index in [1.54, 1.807) is 0 Å². The van der Waals surface area contributed by atoms with E-state index in [1.165, 1.54) is 6.07 Å². The molecule has 0 aliphatic rings. The number of hydrogen-bond acceptors (Lipinski definition) is 2. The highest BCUT2D eigenvalue weighted by Gasteiger charge is 1.97. The van der Waals surface area contributed by atoms with Gasteiger partial charge in [-0.3, -0.25) is 0 Å². The molecule has 0 saturated heterocycles. The van der Waals surface area contributed by atoms with Crippen molar-refractivity contribution in [1.29, 1.82) is 0 Å². The largest absolute Gasteiger partial charge is 0.392 e. The summed E-state index contributed by atoms with van der Waals surface area (Å²) in [5.41, 5.74) is 0.428. The number of halogens is 2. The zero-order chi connectivity index (χ0) is 7.56. The minimum atomic E-state index is -0.670. The minimum absolute atomic E-state index is 0.0593. The number of nitrogens with zero attached hydrogens (tertiary/aromatic N) is 1. The summed E-state index contributed by atoms with van der Waals surface area (Å²) in [6.07, 6.45) is 0. The minimum Gasteiger partial charge on any atom is -0.392 e. The van der Waals surface area contributed by atoms with E-state index in [4.69, 9.17) is 16.7 Å². The molecule has 0 bridgehead atoms. The molecule has 0 aliphatic heterocycles. The van der Waals surface area contributed by atoms with Gasteiger partial charge in [-0.2, -0.15) is 4.39 Å². The lowest BCUT2D eigenvalue weighted by molar-refractivity contribution is 0.281. The van der Waals surface area contributed by atoms with Crippen LogP contribution in [0.2, 0.25) is 5.15 Å². The molecule has 0 unspecified atom stereocenters. The molecule has 0 radical (unpaired) electrons. The molecule has 2 nitrogen and oxygen atoms in total. The van der Waals surface area contributed by atoms with Crippen molar-refractivity contribution in [3.05, 3.63) is 28.8 Å². The first-order valence-corrected chi connectivity index (χ1v) is 3.03. The third-order valence-corrected chi connectivity index (χ3v) is 1.20. The van der Waals surface area contributed by atoms with E-state index in [9.17, 15) is 4.39 Å². The van der Waals surface area contributed by atoms with Crippen molar-refractivity contribution in [3.8, 4) is 0 Å². The van der Waals surface area contributed by atoms with Crippen LogP contribution in [-0.2, 0) is 6.61 Å². The Morgan fingerprint density at radius 2 is 2.30 bits per heavy atom. The second-order valence-corrected chi connectivity index (χ2v) is 2.17.